The number of nitrogens with zero attached hydrogens (tertiary/aromatic N) is 1. The van der Waals surface area contributed by atoms with Crippen LogP contribution in [-0.2, 0) is 4.79 Å². The number of fused-ring (bicyclic) bond motifs is 1. The normalized spacial score (nSPS) is 11.6. The summed E-state index contributed by atoms with van der Waals surface area (Å²) in [6.07, 6.45) is 1.56. The lowest BCUT2D eigenvalue weighted by molar-refractivity contribution is -0.114. The van der Waals surface area contributed by atoms with Crippen LogP contribution in [-0.4, -0.2) is 31.0 Å². The second kappa shape index (κ2) is 8.60. The zero-order chi connectivity index (χ0) is 21.0. The molecule has 3 rings (SSSR count). The first-order valence-electron chi connectivity index (χ1n) is 9.12. The van der Waals surface area contributed by atoms with Crippen molar-refractivity contribution in [3.05, 3.63) is 59.8 Å². The van der Waals surface area contributed by atoms with Gasteiger partial charge in [0.1, 0.15) is 0 Å². The third-order valence-corrected chi connectivity index (χ3v) is 4.58. The summed E-state index contributed by atoms with van der Waals surface area (Å²) in [5.74, 6) is 0.789. The van der Waals surface area contributed by atoms with Crippen LogP contribution >= 0.6 is 0 Å². The average Bonchev–Trinajstić information content (AvgIpc) is 2.72. The number of carbonyl (C=O) groups is 2. The fourth-order valence-corrected chi connectivity index (χ4v) is 3.14. The predicted octanol–water partition coefficient (Wildman–Crippen LogP) is 3.70. The first-order chi connectivity index (χ1) is 13.9. The monoisotopic (exact) mass is 393 g/mol. The summed E-state index contributed by atoms with van der Waals surface area (Å²) in [4.78, 5) is 28.7. The number of benzene rings is 2. The predicted molar refractivity (Wildman–Crippen MR) is 111 cm³/mol. The maximum Gasteiger partial charge on any atom is 0.252 e. The highest BCUT2D eigenvalue weighted by molar-refractivity contribution is 6.10. The van der Waals surface area contributed by atoms with Gasteiger partial charge in [0.25, 0.3) is 5.91 Å². The van der Waals surface area contributed by atoms with Gasteiger partial charge in [-0.25, -0.2) is 0 Å². The van der Waals surface area contributed by atoms with Crippen LogP contribution in [0.5, 0.6) is 11.5 Å². The number of hydrogen-bond donors (Lipinski definition) is 2. The number of hydrogen-bond acceptors (Lipinski definition) is 5. The molecule has 0 unspecified atom stereocenters. The summed E-state index contributed by atoms with van der Waals surface area (Å²) in [7, 11) is 3.15. The highest BCUT2D eigenvalue weighted by atomic mass is 16.5. The van der Waals surface area contributed by atoms with Crippen LogP contribution in [0.25, 0.3) is 10.9 Å². The van der Waals surface area contributed by atoms with E-state index in [0.29, 0.717) is 33.7 Å². The van der Waals surface area contributed by atoms with Gasteiger partial charge < -0.3 is 20.1 Å². The molecule has 0 radical (unpaired) electrons. The fraction of sp³-hybridized carbons (Fsp3) is 0.227. The van der Waals surface area contributed by atoms with Crippen molar-refractivity contribution in [2.75, 3.05) is 19.5 Å². The molecule has 0 bridgehead atoms. The van der Waals surface area contributed by atoms with Gasteiger partial charge in [0.2, 0.25) is 5.91 Å². The molecule has 0 spiro atoms. The molecule has 3 aromatic rings. The molecule has 1 heterocycles. The van der Waals surface area contributed by atoms with Crippen molar-refractivity contribution in [3.8, 4) is 11.5 Å². The molecule has 0 saturated heterocycles. The number of para-hydroxylation sites is 1. The van der Waals surface area contributed by atoms with E-state index in [4.69, 9.17) is 9.47 Å². The summed E-state index contributed by atoms with van der Waals surface area (Å²) in [5.41, 5.74) is 2.49. The van der Waals surface area contributed by atoms with Crippen LogP contribution < -0.4 is 20.1 Å². The number of nitrogens with one attached hydrogen (secondary N) is 2. The Morgan fingerprint density at radius 1 is 1.03 bits per heavy atom. The van der Waals surface area contributed by atoms with Crippen molar-refractivity contribution in [2.45, 2.75) is 19.9 Å². The van der Waals surface area contributed by atoms with E-state index in [1.807, 2.05) is 25.1 Å². The molecule has 1 aromatic heterocycles. The Morgan fingerprint density at radius 2 is 1.79 bits per heavy atom. The Balaban J connectivity index is 1.89. The summed E-state index contributed by atoms with van der Waals surface area (Å²) >= 11 is 0. The van der Waals surface area contributed by atoms with Gasteiger partial charge in [-0.05, 0) is 36.8 Å². The van der Waals surface area contributed by atoms with Crippen LogP contribution in [0.2, 0.25) is 0 Å². The smallest absolute Gasteiger partial charge is 0.252 e. The molecule has 0 fully saturated rings. The van der Waals surface area contributed by atoms with Gasteiger partial charge in [-0.2, -0.15) is 0 Å². The second-order valence-electron chi connectivity index (χ2n) is 6.55. The lowest BCUT2D eigenvalue weighted by Crippen LogP contribution is -2.27. The fourth-order valence-electron chi connectivity index (χ4n) is 3.14. The van der Waals surface area contributed by atoms with E-state index in [2.05, 4.69) is 15.6 Å². The van der Waals surface area contributed by atoms with Crippen molar-refractivity contribution in [1.82, 2.24) is 10.3 Å². The molecule has 2 amide bonds. The van der Waals surface area contributed by atoms with Crippen LogP contribution in [0.4, 0.5) is 5.69 Å². The minimum atomic E-state index is -0.260. The van der Waals surface area contributed by atoms with Gasteiger partial charge in [0, 0.05) is 18.5 Å². The van der Waals surface area contributed by atoms with E-state index in [1.54, 1.807) is 44.7 Å². The van der Waals surface area contributed by atoms with E-state index in [9.17, 15) is 9.59 Å². The molecule has 1 atom stereocenters. The lowest BCUT2D eigenvalue weighted by Gasteiger charge is -2.17. The molecule has 150 valence electrons. The Labute approximate surface area is 169 Å². The highest BCUT2D eigenvalue weighted by Crippen LogP contribution is 2.30. The molecule has 2 aromatic carbocycles. The van der Waals surface area contributed by atoms with E-state index >= 15 is 0 Å². The molecule has 7 heteroatoms. The summed E-state index contributed by atoms with van der Waals surface area (Å²) < 4.78 is 10.6. The highest BCUT2D eigenvalue weighted by Gasteiger charge is 2.17. The number of pyridine rings is 1. The minimum absolute atomic E-state index is 0.198. The van der Waals surface area contributed by atoms with Crippen LogP contribution in [0.15, 0.2) is 48.7 Å². The molecule has 0 aliphatic carbocycles. The molecular weight excluding hydrogens is 370 g/mol. The van der Waals surface area contributed by atoms with Crippen molar-refractivity contribution in [3.63, 3.8) is 0 Å². The number of anilines is 1. The van der Waals surface area contributed by atoms with Crippen LogP contribution in [0.3, 0.4) is 0 Å². The second-order valence-corrected chi connectivity index (χ2v) is 6.55. The average molecular weight is 393 g/mol. The number of aromatic nitrogens is 1. The standard InChI is InChI=1S/C22H23N3O4/c1-13(15-8-9-19(28-3)20(12-15)29-4)24-22(27)17-10-11-23-21-16(17)6-5-7-18(21)25-14(2)26/h5-13H,1-4H3,(H,24,27)(H,25,26)/t13-/m0/s1. The molecule has 0 saturated carbocycles. The number of carbonyl (C=O) groups excluding carboxylic acids is 2. The van der Waals surface area contributed by atoms with E-state index < -0.39 is 0 Å². The number of rotatable bonds is 6. The third-order valence-electron chi connectivity index (χ3n) is 4.58. The van der Waals surface area contributed by atoms with E-state index in [-0.39, 0.29) is 17.9 Å². The SMILES string of the molecule is COc1ccc([C@H](C)NC(=O)c2ccnc3c(NC(C)=O)cccc23)cc1OC. The number of amides is 2. The quantitative estimate of drug-likeness (QED) is 0.666. The number of methoxy groups -OCH3 is 2. The first-order valence-corrected chi connectivity index (χ1v) is 9.12. The van der Waals surface area contributed by atoms with Crippen molar-refractivity contribution >= 4 is 28.4 Å². The Bertz CT molecular complexity index is 1070. The molecule has 29 heavy (non-hydrogen) atoms. The topological polar surface area (TPSA) is 89.5 Å². The van der Waals surface area contributed by atoms with Gasteiger partial charge >= 0.3 is 0 Å². The van der Waals surface area contributed by atoms with E-state index in [1.165, 1.54) is 6.92 Å². The van der Waals surface area contributed by atoms with Crippen LogP contribution in [0.1, 0.15) is 35.8 Å². The van der Waals surface area contributed by atoms with Gasteiger partial charge in [0.15, 0.2) is 11.5 Å². The van der Waals surface area contributed by atoms with Crippen molar-refractivity contribution in [2.24, 2.45) is 0 Å². The maximum atomic E-state index is 13.0. The molecular formula is C22H23N3O4. The summed E-state index contributed by atoms with van der Waals surface area (Å²) in [5, 5.41) is 6.41. The summed E-state index contributed by atoms with van der Waals surface area (Å²) in [6.45, 7) is 3.32. The molecule has 2 N–H and O–H groups in total. The molecule has 0 aliphatic rings. The van der Waals surface area contributed by atoms with Gasteiger partial charge in [0.05, 0.1) is 37.0 Å². The Morgan fingerprint density at radius 3 is 2.48 bits per heavy atom. The Hall–Kier alpha value is -3.61. The van der Waals surface area contributed by atoms with Gasteiger partial charge in [-0.1, -0.05) is 18.2 Å². The van der Waals surface area contributed by atoms with Gasteiger partial charge in [-0.3, -0.25) is 14.6 Å². The first kappa shape index (κ1) is 20.1. The number of ether oxygens (including phenoxy) is 2. The van der Waals surface area contributed by atoms with Gasteiger partial charge in [-0.15, -0.1) is 0 Å². The van der Waals surface area contributed by atoms with Crippen molar-refractivity contribution < 1.29 is 19.1 Å². The zero-order valence-corrected chi connectivity index (χ0v) is 16.8. The zero-order valence-electron chi connectivity index (χ0n) is 16.8. The third kappa shape index (κ3) is 4.29. The lowest BCUT2D eigenvalue weighted by atomic mass is 10.0. The largest absolute Gasteiger partial charge is 0.493 e. The summed E-state index contributed by atoms with van der Waals surface area (Å²) in [6, 6.07) is 12.3. The minimum Gasteiger partial charge on any atom is -0.493 e. The maximum absolute atomic E-state index is 13.0. The molecule has 7 nitrogen and oxygen atoms in total. The van der Waals surface area contributed by atoms with E-state index in [0.717, 1.165) is 5.56 Å². The molecule has 0 aliphatic heterocycles. The Kier molecular flexibility index (Phi) is 5.97. The van der Waals surface area contributed by atoms with Crippen LogP contribution in [0, 0.1) is 0 Å². The van der Waals surface area contributed by atoms with Crippen molar-refractivity contribution in [1.29, 1.82) is 0 Å².